The third-order valence-electron chi connectivity index (χ3n) is 4.98. The molecular formula is C19H20N8S. The van der Waals surface area contributed by atoms with Crippen molar-refractivity contribution in [3.05, 3.63) is 52.9 Å². The summed E-state index contributed by atoms with van der Waals surface area (Å²) in [4.78, 5) is 10.8. The summed E-state index contributed by atoms with van der Waals surface area (Å²) >= 11 is 1.68. The fraction of sp³-hybridized carbons (Fsp3) is 0.316. The molecule has 1 saturated heterocycles. The van der Waals surface area contributed by atoms with Crippen molar-refractivity contribution in [1.82, 2.24) is 30.4 Å². The van der Waals surface area contributed by atoms with Gasteiger partial charge < -0.3 is 10.2 Å². The van der Waals surface area contributed by atoms with Gasteiger partial charge in [0.1, 0.15) is 17.2 Å². The van der Waals surface area contributed by atoms with E-state index in [1.165, 1.54) is 11.1 Å². The lowest BCUT2D eigenvalue weighted by Crippen LogP contribution is -2.26. The molecule has 0 radical (unpaired) electrons. The minimum Gasteiger partial charge on any atom is -0.365 e. The van der Waals surface area contributed by atoms with Crippen LogP contribution in [-0.2, 0) is 6.42 Å². The van der Waals surface area contributed by atoms with E-state index in [9.17, 15) is 0 Å². The maximum Gasteiger partial charge on any atom is 0.208 e. The minimum atomic E-state index is 0.303. The van der Waals surface area contributed by atoms with Gasteiger partial charge in [-0.1, -0.05) is 41.2 Å². The van der Waals surface area contributed by atoms with Gasteiger partial charge in [0.05, 0.1) is 11.6 Å². The molecule has 1 aliphatic heterocycles. The fourth-order valence-corrected chi connectivity index (χ4v) is 4.36. The van der Waals surface area contributed by atoms with Crippen molar-refractivity contribution < 1.29 is 0 Å². The molecule has 0 saturated carbocycles. The quantitative estimate of drug-likeness (QED) is 0.539. The Balaban J connectivity index is 1.24. The number of rotatable bonds is 5. The van der Waals surface area contributed by atoms with E-state index in [0.29, 0.717) is 6.04 Å². The maximum atomic E-state index is 4.42. The van der Waals surface area contributed by atoms with Gasteiger partial charge in [0.15, 0.2) is 5.65 Å². The molecule has 28 heavy (non-hydrogen) atoms. The number of anilines is 2. The zero-order chi connectivity index (χ0) is 18.9. The standard InChI is InChI=1S/C19H20N8S/c1-12-2-4-13(5-3-12)8-16-24-26-19(28-16)27-7-6-14(10-27)23-17-15-9-22-25-18(15)21-11-20-17/h2-5,9,11,14H,6-8,10H2,1H3,(H2,20,21,22,23,25). The van der Waals surface area contributed by atoms with Crippen LogP contribution in [0.2, 0.25) is 0 Å². The lowest BCUT2D eigenvalue weighted by molar-refractivity contribution is 0.801. The van der Waals surface area contributed by atoms with Gasteiger partial charge in [0, 0.05) is 25.6 Å². The molecule has 1 fully saturated rings. The molecule has 142 valence electrons. The molecule has 4 heterocycles. The molecule has 1 unspecified atom stereocenters. The van der Waals surface area contributed by atoms with Crippen molar-refractivity contribution in [1.29, 1.82) is 0 Å². The van der Waals surface area contributed by atoms with Crippen LogP contribution in [0.25, 0.3) is 11.0 Å². The molecule has 8 nitrogen and oxygen atoms in total. The topological polar surface area (TPSA) is 95.5 Å². The van der Waals surface area contributed by atoms with Crippen molar-refractivity contribution >= 4 is 33.3 Å². The van der Waals surface area contributed by atoms with E-state index in [1.807, 2.05) is 0 Å². The highest BCUT2D eigenvalue weighted by molar-refractivity contribution is 7.15. The molecule has 1 atom stereocenters. The highest BCUT2D eigenvalue weighted by atomic mass is 32.1. The average Bonchev–Trinajstić information content (AvgIpc) is 3.44. The number of nitrogens with one attached hydrogen (secondary N) is 2. The second kappa shape index (κ2) is 7.16. The van der Waals surface area contributed by atoms with Crippen LogP contribution in [0.5, 0.6) is 0 Å². The number of aryl methyl sites for hydroxylation is 1. The molecule has 9 heteroatoms. The smallest absolute Gasteiger partial charge is 0.208 e. The van der Waals surface area contributed by atoms with Crippen LogP contribution in [0, 0.1) is 6.92 Å². The molecule has 4 aromatic rings. The largest absolute Gasteiger partial charge is 0.365 e. The molecule has 1 aliphatic rings. The molecule has 0 bridgehead atoms. The highest BCUT2D eigenvalue weighted by Crippen LogP contribution is 2.27. The Morgan fingerprint density at radius 3 is 3.00 bits per heavy atom. The summed E-state index contributed by atoms with van der Waals surface area (Å²) in [5.74, 6) is 0.822. The van der Waals surface area contributed by atoms with Gasteiger partial charge in [-0.3, -0.25) is 5.10 Å². The SMILES string of the molecule is Cc1ccc(Cc2nnc(N3CCC(Nc4ncnc5[nH]ncc45)C3)s2)cc1. The van der Waals surface area contributed by atoms with Crippen LogP contribution < -0.4 is 10.2 Å². The number of nitrogens with zero attached hydrogens (tertiary/aromatic N) is 6. The van der Waals surface area contributed by atoms with Gasteiger partial charge in [-0.25, -0.2) is 9.97 Å². The summed E-state index contributed by atoms with van der Waals surface area (Å²) in [5, 5.41) is 22.2. The van der Waals surface area contributed by atoms with E-state index in [0.717, 1.165) is 52.9 Å². The lowest BCUT2D eigenvalue weighted by Gasteiger charge is -2.15. The third-order valence-corrected chi connectivity index (χ3v) is 5.96. The summed E-state index contributed by atoms with van der Waals surface area (Å²) in [7, 11) is 0. The zero-order valence-corrected chi connectivity index (χ0v) is 16.3. The van der Waals surface area contributed by atoms with Crippen molar-refractivity contribution in [2.45, 2.75) is 25.8 Å². The van der Waals surface area contributed by atoms with Gasteiger partial charge in [-0.05, 0) is 18.9 Å². The van der Waals surface area contributed by atoms with E-state index >= 15 is 0 Å². The maximum absolute atomic E-state index is 4.42. The highest BCUT2D eigenvalue weighted by Gasteiger charge is 2.26. The molecule has 0 amide bonds. The summed E-state index contributed by atoms with van der Waals surface area (Å²) in [5.41, 5.74) is 3.29. The number of hydrogen-bond donors (Lipinski definition) is 2. The van der Waals surface area contributed by atoms with Gasteiger partial charge in [0.2, 0.25) is 5.13 Å². The normalized spacial score (nSPS) is 16.8. The Morgan fingerprint density at radius 2 is 2.11 bits per heavy atom. The van der Waals surface area contributed by atoms with E-state index in [2.05, 4.69) is 71.8 Å². The lowest BCUT2D eigenvalue weighted by atomic mass is 10.1. The Morgan fingerprint density at radius 1 is 1.21 bits per heavy atom. The molecule has 1 aromatic carbocycles. The number of aromatic amines is 1. The molecule has 3 aromatic heterocycles. The van der Waals surface area contributed by atoms with Crippen LogP contribution in [0.1, 0.15) is 22.6 Å². The van der Waals surface area contributed by atoms with Crippen molar-refractivity contribution in [2.75, 3.05) is 23.3 Å². The number of H-pyrrole nitrogens is 1. The number of aromatic nitrogens is 6. The first kappa shape index (κ1) is 17.1. The number of hydrogen-bond acceptors (Lipinski definition) is 8. The van der Waals surface area contributed by atoms with E-state index < -0.39 is 0 Å². The van der Waals surface area contributed by atoms with Crippen molar-refractivity contribution in [3.63, 3.8) is 0 Å². The van der Waals surface area contributed by atoms with Crippen molar-refractivity contribution in [3.8, 4) is 0 Å². The average molecular weight is 392 g/mol. The summed E-state index contributed by atoms with van der Waals surface area (Å²) in [6.07, 6.45) is 5.16. The Labute approximate surface area is 166 Å². The van der Waals surface area contributed by atoms with Crippen LogP contribution >= 0.6 is 11.3 Å². The molecule has 5 rings (SSSR count). The van der Waals surface area contributed by atoms with E-state index in [4.69, 9.17) is 0 Å². The van der Waals surface area contributed by atoms with Crippen LogP contribution in [0.15, 0.2) is 36.8 Å². The van der Waals surface area contributed by atoms with Crippen LogP contribution in [0.4, 0.5) is 10.9 Å². The van der Waals surface area contributed by atoms with Gasteiger partial charge >= 0.3 is 0 Å². The first-order valence-electron chi connectivity index (χ1n) is 9.28. The molecule has 0 aliphatic carbocycles. The monoisotopic (exact) mass is 392 g/mol. The fourth-order valence-electron chi connectivity index (χ4n) is 3.45. The minimum absolute atomic E-state index is 0.303. The van der Waals surface area contributed by atoms with Gasteiger partial charge in [-0.15, -0.1) is 10.2 Å². The second-order valence-electron chi connectivity index (χ2n) is 7.07. The predicted molar refractivity (Wildman–Crippen MR) is 110 cm³/mol. The van der Waals surface area contributed by atoms with Gasteiger partial charge in [-0.2, -0.15) is 5.10 Å². The Hall–Kier alpha value is -3.07. The van der Waals surface area contributed by atoms with E-state index in [-0.39, 0.29) is 0 Å². The number of benzene rings is 1. The molecule has 2 N–H and O–H groups in total. The Kier molecular flexibility index (Phi) is 4.36. The third kappa shape index (κ3) is 3.40. The first-order chi connectivity index (χ1) is 13.7. The number of fused-ring (bicyclic) bond motifs is 1. The zero-order valence-electron chi connectivity index (χ0n) is 15.5. The summed E-state index contributed by atoms with van der Waals surface area (Å²) in [6.45, 7) is 3.93. The molecule has 0 spiro atoms. The second-order valence-corrected chi connectivity index (χ2v) is 8.11. The van der Waals surface area contributed by atoms with Crippen LogP contribution in [-0.4, -0.2) is 49.5 Å². The van der Waals surface area contributed by atoms with E-state index in [1.54, 1.807) is 23.9 Å². The molecular weight excluding hydrogens is 372 g/mol. The first-order valence-corrected chi connectivity index (χ1v) is 10.1. The van der Waals surface area contributed by atoms with Crippen LogP contribution in [0.3, 0.4) is 0 Å². The summed E-state index contributed by atoms with van der Waals surface area (Å²) < 4.78 is 0. The Bertz CT molecular complexity index is 1090. The summed E-state index contributed by atoms with van der Waals surface area (Å²) in [6, 6.07) is 8.89. The van der Waals surface area contributed by atoms with Crippen molar-refractivity contribution in [2.24, 2.45) is 0 Å². The predicted octanol–water partition coefficient (Wildman–Crippen LogP) is 2.79. The van der Waals surface area contributed by atoms with Gasteiger partial charge in [0.25, 0.3) is 0 Å².